The Balaban J connectivity index is 0. The molecule has 0 heterocycles. The first-order chi connectivity index (χ1) is 4.68. The second-order valence-electron chi connectivity index (χ2n) is 1.85. The SMILES string of the molecule is CC(F)C(C)(F)F.OC(F)F. The van der Waals surface area contributed by atoms with E-state index in [9.17, 15) is 22.0 Å². The minimum atomic E-state index is -3.17. The van der Waals surface area contributed by atoms with Gasteiger partial charge in [0.05, 0.1) is 0 Å². The highest BCUT2D eigenvalue weighted by Gasteiger charge is 2.29. The molecule has 70 valence electrons. The van der Waals surface area contributed by atoms with E-state index < -0.39 is 18.7 Å². The molecule has 1 nitrogen and oxygen atoms in total. The van der Waals surface area contributed by atoms with Gasteiger partial charge >= 0.3 is 6.61 Å². The maximum Gasteiger partial charge on any atom is 0.342 e. The summed E-state index contributed by atoms with van der Waals surface area (Å²) in [4.78, 5) is 0. The third-order valence-electron chi connectivity index (χ3n) is 0.698. The molecular weight excluding hydrogens is 171 g/mol. The van der Waals surface area contributed by atoms with Crippen LogP contribution in [0.1, 0.15) is 13.8 Å². The first-order valence-electron chi connectivity index (χ1n) is 2.66. The fourth-order valence-electron chi connectivity index (χ4n) is 0. The highest BCUT2D eigenvalue weighted by Crippen LogP contribution is 2.18. The zero-order valence-electron chi connectivity index (χ0n) is 5.99. The van der Waals surface area contributed by atoms with Crippen LogP contribution in [0, 0.1) is 0 Å². The van der Waals surface area contributed by atoms with Gasteiger partial charge in [0.25, 0.3) is 5.92 Å². The van der Waals surface area contributed by atoms with Gasteiger partial charge in [-0.3, -0.25) is 0 Å². The van der Waals surface area contributed by atoms with Crippen molar-refractivity contribution in [1.82, 2.24) is 0 Å². The average Bonchev–Trinajstić information content (AvgIpc) is 1.59. The van der Waals surface area contributed by atoms with Crippen LogP contribution in [0.25, 0.3) is 0 Å². The zero-order chi connectivity index (χ0) is 9.65. The summed E-state index contributed by atoms with van der Waals surface area (Å²) in [6, 6.07) is 0. The first kappa shape index (κ1) is 13.2. The lowest BCUT2D eigenvalue weighted by atomic mass is 10.3. The molecular formula is C5H9F5O. The Morgan fingerprint density at radius 3 is 1.27 bits per heavy atom. The molecule has 0 rings (SSSR count). The van der Waals surface area contributed by atoms with Crippen molar-refractivity contribution in [3.63, 3.8) is 0 Å². The third kappa shape index (κ3) is 17.7. The number of hydrogen-bond acceptors (Lipinski definition) is 1. The van der Waals surface area contributed by atoms with Gasteiger partial charge < -0.3 is 5.11 Å². The summed E-state index contributed by atoms with van der Waals surface area (Å²) >= 11 is 0. The summed E-state index contributed by atoms with van der Waals surface area (Å²) in [6.45, 7) is -1.78. The van der Waals surface area contributed by atoms with Crippen LogP contribution in [-0.4, -0.2) is 23.8 Å². The molecule has 0 aromatic carbocycles. The van der Waals surface area contributed by atoms with Crippen molar-refractivity contribution in [2.45, 2.75) is 32.6 Å². The van der Waals surface area contributed by atoms with Crippen LogP contribution in [0.5, 0.6) is 0 Å². The van der Waals surface area contributed by atoms with Crippen LogP contribution >= 0.6 is 0 Å². The topological polar surface area (TPSA) is 20.2 Å². The van der Waals surface area contributed by atoms with E-state index in [-0.39, 0.29) is 0 Å². The molecule has 0 aromatic heterocycles. The standard InChI is InChI=1S/C4H7F3.CH2F2O/c1-3(5)4(2,6)7;2-1(3)4/h3H,1-2H3;1,4H. The molecule has 0 aliphatic carbocycles. The van der Waals surface area contributed by atoms with Crippen LogP contribution in [0.15, 0.2) is 0 Å². The molecule has 0 aliphatic heterocycles. The predicted molar refractivity (Wildman–Crippen MR) is 29.4 cm³/mol. The van der Waals surface area contributed by atoms with Gasteiger partial charge in [-0.25, -0.2) is 13.2 Å². The molecule has 1 N–H and O–H groups in total. The van der Waals surface area contributed by atoms with E-state index in [4.69, 9.17) is 5.11 Å². The number of aliphatic hydroxyl groups excluding tert-OH is 1. The number of rotatable bonds is 1. The Hall–Kier alpha value is -0.390. The molecule has 0 spiro atoms. The summed E-state index contributed by atoms with van der Waals surface area (Å²) in [6.07, 6.45) is -2.03. The molecule has 1 atom stereocenters. The van der Waals surface area contributed by atoms with Crippen LogP contribution in [-0.2, 0) is 0 Å². The second-order valence-corrected chi connectivity index (χ2v) is 1.85. The molecule has 1 unspecified atom stereocenters. The molecule has 0 fully saturated rings. The normalized spacial score (nSPS) is 13.9. The maximum absolute atomic E-state index is 11.5. The fraction of sp³-hybridized carbons (Fsp3) is 1.00. The summed E-state index contributed by atoms with van der Waals surface area (Å²) < 4.78 is 54.2. The second kappa shape index (κ2) is 5.29. The van der Waals surface area contributed by atoms with E-state index in [2.05, 4.69) is 0 Å². The summed E-state index contributed by atoms with van der Waals surface area (Å²) in [5, 5.41) is 6.72. The Kier molecular flexibility index (Phi) is 6.35. The lowest BCUT2D eigenvalue weighted by molar-refractivity contribution is -0.0728. The van der Waals surface area contributed by atoms with Gasteiger partial charge in [0.1, 0.15) is 0 Å². The number of alkyl halides is 5. The molecule has 0 saturated heterocycles. The number of hydrogen-bond donors (Lipinski definition) is 1. The largest absolute Gasteiger partial charge is 0.342 e. The number of aliphatic hydroxyl groups is 1. The van der Waals surface area contributed by atoms with Crippen LogP contribution < -0.4 is 0 Å². The Labute approximate surface area is 60.8 Å². The molecule has 0 aromatic rings. The zero-order valence-corrected chi connectivity index (χ0v) is 5.99. The molecule has 0 bridgehead atoms. The Morgan fingerprint density at radius 1 is 1.18 bits per heavy atom. The van der Waals surface area contributed by atoms with Crippen molar-refractivity contribution in [3.8, 4) is 0 Å². The van der Waals surface area contributed by atoms with Crippen molar-refractivity contribution in [2.75, 3.05) is 0 Å². The summed E-state index contributed by atoms with van der Waals surface area (Å²) in [5.74, 6) is -3.17. The van der Waals surface area contributed by atoms with Gasteiger partial charge in [-0.2, -0.15) is 8.78 Å². The first-order valence-corrected chi connectivity index (χ1v) is 2.66. The van der Waals surface area contributed by atoms with Crippen molar-refractivity contribution in [2.24, 2.45) is 0 Å². The minimum absolute atomic E-state index is 0.553. The molecule has 6 heteroatoms. The highest BCUT2D eigenvalue weighted by atomic mass is 19.3. The van der Waals surface area contributed by atoms with Gasteiger partial charge in [-0.05, 0) is 6.92 Å². The van der Waals surface area contributed by atoms with E-state index in [1.54, 1.807) is 0 Å². The van der Waals surface area contributed by atoms with Gasteiger partial charge in [0.15, 0.2) is 6.17 Å². The quantitative estimate of drug-likeness (QED) is 0.613. The molecule has 0 saturated carbocycles. The molecule has 11 heavy (non-hydrogen) atoms. The summed E-state index contributed by atoms with van der Waals surface area (Å²) in [7, 11) is 0. The minimum Gasteiger partial charge on any atom is -0.339 e. The van der Waals surface area contributed by atoms with Gasteiger partial charge in [0.2, 0.25) is 0 Å². The Bertz CT molecular complexity index is 84.6. The third-order valence-corrected chi connectivity index (χ3v) is 0.698. The van der Waals surface area contributed by atoms with Crippen molar-refractivity contribution in [1.29, 1.82) is 0 Å². The van der Waals surface area contributed by atoms with E-state index in [0.29, 0.717) is 6.92 Å². The Morgan fingerprint density at radius 2 is 1.27 bits per heavy atom. The van der Waals surface area contributed by atoms with E-state index in [1.165, 1.54) is 0 Å². The maximum atomic E-state index is 11.5. The van der Waals surface area contributed by atoms with Gasteiger partial charge in [-0.1, -0.05) is 0 Å². The lowest BCUT2D eigenvalue weighted by Crippen LogP contribution is -2.21. The van der Waals surface area contributed by atoms with Crippen LogP contribution in [0.2, 0.25) is 0 Å². The van der Waals surface area contributed by atoms with Crippen LogP contribution in [0.4, 0.5) is 22.0 Å². The highest BCUT2D eigenvalue weighted by molar-refractivity contribution is 4.64. The molecule has 0 aliphatic rings. The lowest BCUT2D eigenvalue weighted by Gasteiger charge is -2.09. The molecule has 0 radical (unpaired) electrons. The van der Waals surface area contributed by atoms with Crippen LogP contribution in [0.3, 0.4) is 0 Å². The van der Waals surface area contributed by atoms with E-state index in [1.807, 2.05) is 0 Å². The number of halogens is 5. The fourth-order valence-corrected chi connectivity index (χ4v) is 0. The molecule has 0 amide bonds. The van der Waals surface area contributed by atoms with Gasteiger partial charge in [-0.15, -0.1) is 0 Å². The van der Waals surface area contributed by atoms with Gasteiger partial charge in [0, 0.05) is 6.92 Å². The monoisotopic (exact) mass is 180 g/mol. The predicted octanol–water partition coefficient (Wildman–Crippen LogP) is 2.20. The van der Waals surface area contributed by atoms with E-state index in [0.717, 1.165) is 6.92 Å². The summed E-state index contributed by atoms with van der Waals surface area (Å²) in [5.41, 5.74) is 0. The van der Waals surface area contributed by atoms with Crippen molar-refractivity contribution < 1.29 is 27.1 Å². The van der Waals surface area contributed by atoms with Crippen molar-refractivity contribution >= 4 is 0 Å². The smallest absolute Gasteiger partial charge is 0.339 e. The van der Waals surface area contributed by atoms with Crippen molar-refractivity contribution in [3.05, 3.63) is 0 Å². The van der Waals surface area contributed by atoms with E-state index >= 15 is 0 Å². The average molecular weight is 180 g/mol.